The molecular weight excluding hydrogens is 263 g/mol. The highest BCUT2D eigenvalue weighted by molar-refractivity contribution is 5.75. The first kappa shape index (κ1) is 16.3. The molecule has 0 bridgehead atoms. The van der Waals surface area contributed by atoms with Crippen LogP contribution < -0.4 is 9.47 Å². The van der Waals surface area contributed by atoms with Crippen molar-refractivity contribution in [2.45, 2.75) is 27.2 Å². The first-order valence-corrected chi connectivity index (χ1v) is 6.54. The molecule has 20 heavy (non-hydrogen) atoms. The van der Waals surface area contributed by atoms with Gasteiger partial charge in [-0.25, -0.2) is 4.39 Å². The second kappa shape index (κ2) is 7.12. The minimum absolute atomic E-state index is 0.132. The first-order valence-electron chi connectivity index (χ1n) is 6.54. The number of esters is 1. The molecule has 0 saturated heterocycles. The quantitative estimate of drug-likeness (QED) is 0.721. The molecule has 5 heteroatoms. The molecule has 0 atom stereocenters. The van der Waals surface area contributed by atoms with Crippen LogP contribution in [-0.4, -0.2) is 26.3 Å². The Morgan fingerprint density at radius 1 is 1.35 bits per heavy atom. The fourth-order valence-electron chi connectivity index (χ4n) is 1.58. The summed E-state index contributed by atoms with van der Waals surface area (Å²) in [6.45, 7) is 6.08. The van der Waals surface area contributed by atoms with Gasteiger partial charge in [0.15, 0.2) is 11.6 Å². The maximum Gasteiger partial charge on any atom is 0.311 e. The summed E-state index contributed by atoms with van der Waals surface area (Å²) in [6, 6.07) is 4.28. The van der Waals surface area contributed by atoms with E-state index < -0.39 is 11.2 Å². The lowest BCUT2D eigenvalue weighted by molar-refractivity contribution is -0.154. The molecule has 0 amide bonds. The standard InChI is InChI=1S/C15H21FO4/c1-5-19-14(17)15(2,3)8-9-20-11-6-7-12(16)13(10-11)18-4/h6-7,10H,5,8-9H2,1-4H3. The molecule has 0 aliphatic rings. The monoisotopic (exact) mass is 284 g/mol. The molecular formula is C15H21FO4. The zero-order chi connectivity index (χ0) is 15.2. The van der Waals surface area contributed by atoms with Crippen molar-refractivity contribution < 1.29 is 23.4 Å². The van der Waals surface area contributed by atoms with Gasteiger partial charge in [0.2, 0.25) is 0 Å². The first-order chi connectivity index (χ1) is 9.40. The summed E-state index contributed by atoms with van der Waals surface area (Å²) in [5.41, 5.74) is -0.611. The van der Waals surface area contributed by atoms with Crippen LogP contribution in [0.3, 0.4) is 0 Å². The van der Waals surface area contributed by atoms with Gasteiger partial charge in [-0.1, -0.05) is 0 Å². The van der Waals surface area contributed by atoms with E-state index in [-0.39, 0.29) is 11.7 Å². The average Bonchev–Trinajstić information content (AvgIpc) is 2.40. The van der Waals surface area contributed by atoms with Crippen molar-refractivity contribution in [3.05, 3.63) is 24.0 Å². The summed E-state index contributed by atoms with van der Waals surface area (Å²) >= 11 is 0. The Hall–Kier alpha value is -1.78. The van der Waals surface area contributed by atoms with Crippen molar-refractivity contribution in [1.29, 1.82) is 0 Å². The Morgan fingerprint density at radius 3 is 2.65 bits per heavy atom. The van der Waals surface area contributed by atoms with E-state index in [1.165, 1.54) is 25.3 Å². The minimum atomic E-state index is -0.611. The molecule has 0 spiro atoms. The molecule has 0 aliphatic heterocycles. The third kappa shape index (κ3) is 4.40. The molecule has 0 aromatic heterocycles. The fourth-order valence-corrected chi connectivity index (χ4v) is 1.58. The number of halogens is 1. The van der Waals surface area contributed by atoms with E-state index >= 15 is 0 Å². The molecule has 4 nitrogen and oxygen atoms in total. The number of carbonyl (C=O) groups is 1. The number of hydrogen-bond donors (Lipinski definition) is 0. The zero-order valence-corrected chi connectivity index (χ0v) is 12.4. The van der Waals surface area contributed by atoms with Gasteiger partial charge in [0.25, 0.3) is 0 Å². The van der Waals surface area contributed by atoms with E-state index in [1.807, 2.05) is 0 Å². The number of benzene rings is 1. The number of rotatable bonds is 7. The van der Waals surface area contributed by atoms with Gasteiger partial charge in [0.1, 0.15) is 5.75 Å². The van der Waals surface area contributed by atoms with Crippen molar-refractivity contribution in [2.75, 3.05) is 20.3 Å². The van der Waals surface area contributed by atoms with Crippen molar-refractivity contribution in [3.8, 4) is 11.5 Å². The number of carbonyl (C=O) groups excluding carboxylic acids is 1. The van der Waals surface area contributed by atoms with Crippen molar-refractivity contribution in [3.63, 3.8) is 0 Å². The Bertz CT molecular complexity index is 457. The van der Waals surface area contributed by atoms with Gasteiger partial charge < -0.3 is 14.2 Å². The van der Waals surface area contributed by atoms with Crippen LogP contribution in [0.4, 0.5) is 4.39 Å². The highest BCUT2D eigenvalue weighted by Crippen LogP contribution is 2.26. The van der Waals surface area contributed by atoms with Gasteiger partial charge in [0.05, 0.1) is 25.7 Å². The summed E-state index contributed by atoms with van der Waals surface area (Å²) in [4.78, 5) is 11.7. The van der Waals surface area contributed by atoms with E-state index in [0.29, 0.717) is 25.4 Å². The Labute approximate surface area is 118 Å². The number of methoxy groups -OCH3 is 1. The Morgan fingerprint density at radius 2 is 2.05 bits per heavy atom. The van der Waals surface area contributed by atoms with E-state index in [2.05, 4.69) is 0 Å². The van der Waals surface area contributed by atoms with E-state index in [1.54, 1.807) is 20.8 Å². The van der Waals surface area contributed by atoms with Crippen LogP contribution in [0.15, 0.2) is 18.2 Å². The van der Waals surface area contributed by atoms with Crippen molar-refractivity contribution in [1.82, 2.24) is 0 Å². The second-order valence-electron chi connectivity index (χ2n) is 5.00. The lowest BCUT2D eigenvalue weighted by Crippen LogP contribution is -2.28. The Balaban J connectivity index is 2.54. The second-order valence-corrected chi connectivity index (χ2v) is 5.00. The van der Waals surface area contributed by atoms with Gasteiger partial charge in [-0.2, -0.15) is 0 Å². The molecule has 0 fully saturated rings. The smallest absolute Gasteiger partial charge is 0.311 e. The maximum absolute atomic E-state index is 13.2. The van der Waals surface area contributed by atoms with Crippen LogP contribution in [0, 0.1) is 11.2 Å². The van der Waals surface area contributed by atoms with E-state index in [0.717, 1.165) is 0 Å². The highest BCUT2D eigenvalue weighted by Gasteiger charge is 2.28. The summed E-state index contributed by atoms with van der Waals surface area (Å²) in [6.07, 6.45) is 0.505. The molecule has 1 aromatic carbocycles. The molecule has 1 aromatic rings. The molecule has 0 N–H and O–H groups in total. The summed E-state index contributed by atoms with van der Waals surface area (Å²) in [5, 5.41) is 0. The van der Waals surface area contributed by atoms with E-state index in [4.69, 9.17) is 14.2 Å². The van der Waals surface area contributed by atoms with E-state index in [9.17, 15) is 9.18 Å². The third-order valence-electron chi connectivity index (χ3n) is 2.95. The number of ether oxygens (including phenoxy) is 3. The van der Waals surface area contributed by atoms with Gasteiger partial charge in [-0.3, -0.25) is 4.79 Å². The largest absolute Gasteiger partial charge is 0.494 e. The lowest BCUT2D eigenvalue weighted by atomic mass is 9.90. The predicted molar refractivity (Wildman–Crippen MR) is 73.5 cm³/mol. The van der Waals surface area contributed by atoms with Gasteiger partial charge in [-0.05, 0) is 39.3 Å². The normalized spacial score (nSPS) is 11.1. The van der Waals surface area contributed by atoms with Crippen LogP contribution >= 0.6 is 0 Å². The molecule has 0 radical (unpaired) electrons. The summed E-state index contributed by atoms with van der Waals surface area (Å²) in [7, 11) is 1.39. The summed E-state index contributed by atoms with van der Waals surface area (Å²) in [5.74, 6) is -0.0537. The van der Waals surface area contributed by atoms with Crippen LogP contribution in [0.5, 0.6) is 11.5 Å². The summed E-state index contributed by atoms with van der Waals surface area (Å²) < 4.78 is 28.6. The van der Waals surface area contributed by atoms with Crippen LogP contribution in [0.2, 0.25) is 0 Å². The zero-order valence-electron chi connectivity index (χ0n) is 12.4. The average molecular weight is 284 g/mol. The molecule has 1 rings (SSSR count). The topological polar surface area (TPSA) is 44.8 Å². The van der Waals surface area contributed by atoms with Crippen molar-refractivity contribution >= 4 is 5.97 Å². The molecule has 0 unspecified atom stereocenters. The molecule has 0 saturated carbocycles. The maximum atomic E-state index is 13.2. The lowest BCUT2D eigenvalue weighted by Gasteiger charge is -2.22. The predicted octanol–water partition coefficient (Wildman–Crippen LogP) is 3.19. The van der Waals surface area contributed by atoms with Crippen LogP contribution in [-0.2, 0) is 9.53 Å². The van der Waals surface area contributed by atoms with Gasteiger partial charge in [-0.15, -0.1) is 0 Å². The van der Waals surface area contributed by atoms with Crippen LogP contribution in [0.1, 0.15) is 27.2 Å². The third-order valence-corrected chi connectivity index (χ3v) is 2.95. The fraction of sp³-hybridized carbons (Fsp3) is 0.533. The number of hydrogen-bond acceptors (Lipinski definition) is 4. The van der Waals surface area contributed by atoms with Crippen molar-refractivity contribution in [2.24, 2.45) is 5.41 Å². The van der Waals surface area contributed by atoms with Gasteiger partial charge in [0, 0.05) is 6.07 Å². The Kier molecular flexibility index (Phi) is 5.80. The minimum Gasteiger partial charge on any atom is -0.494 e. The SMILES string of the molecule is CCOC(=O)C(C)(C)CCOc1ccc(F)c(OC)c1. The molecule has 112 valence electrons. The molecule has 0 aliphatic carbocycles. The highest BCUT2D eigenvalue weighted by atomic mass is 19.1. The van der Waals surface area contributed by atoms with Gasteiger partial charge >= 0.3 is 5.97 Å². The molecule has 0 heterocycles. The van der Waals surface area contributed by atoms with Crippen LogP contribution in [0.25, 0.3) is 0 Å².